The van der Waals surface area contributed by atoms with Gasteiger partial charge in [-0.1, -0.05) is 18.2 Å². The Morgan fingerprint density at radius 1 is 1.20 bits per heavy atom. The largest absolute Gasteiger partial charge is 0.344 e. The summed E-state index contributed by atoms with van der Waals surface area (Å²) in [4.78, 5) is 18.6. The summed E-state index contributed by atoms with van der Waals surface area (Å²) in [7, 11) is 0. The maximum Gasteiger partial charge on any atom is 0.255 e. The number of para-hydroxylation sites is 1. The number of rotatable bonds is 3. The summed E-state index contributed by atoms with van der Waals surface area (Å²) in [5.74, 6) is -0.0791. The third-order valence-corrected chi connectivity index (χ3v) is 3.38. The van der Waals surface area contributed by atoms with Crippen molar-refractivity contribution in [2.24, 2.45) is 5.73 Å². The van der Waals surface area contributed by atoms with E-state index >= 15 is 0 Å². The predicted molar refractivity (Wildman–Crippen MR) is 77.3 cm³/mol. The zero-order valence-electron chi connectivity index (χ0n) is 11.0. The van der Waals surface area contributed by atoms with E-state index in [0.717, 1.165) is 11.4 Å². The number of aromatic nitrogens is 1. The molecule has 5 heteroatoms. The molecule has 1 aliphatic heterocycles. The van der Waals surface area contributed by atoms with Crippen LogP contribution in [0.5, 0.6) is 0 Å². The molecule has 1 amide bonds. The molecule has 1 unspecified atom stereocenters. The van der Waals surface area contributed by atoms with Crippen LogP contribution in [0.1, 0.15) is 22.2 Å². The molecule has 3 rings (SSSR count). The quantitative estimate of drug-likeness (QED) is 0.880. The van der Waals surface area contributed by atoms with Crippen LogP contribution < -0.4 is 16.0 Å². The van der Waals surface area contributed by atoms with Crippen LogP contribution in [0.2, 0.25) is 0 Å². The summed E-state index contributed by atoms with van der Waals surface area (Å²) in [6.45, 7) is 1.16. The van der Waals surface area contributed by atoms with Gasteiger partial charge in [0.25, 0.3) is 5.91 Å². The molecular weight excluding hydrogens is 252 g/mol. The molecule has 20 heavy (non-hydrogen) atoms. The van der Waals surface area contributed by atoms with Crippen LogP contribution in [-0.4, -0.2) is 24.0 Å². The van der Waals surface area contributed by atoms with Gasteiger partial charge in [0.15, 0.2) is 0 Å². The lowest BCUT2D eigenvalue weighted by Crippen LogP contribution is -2.48. The van der Waals surface area contributed by atoms with Gasteiger partial charge in [-0.3, -0.25) is 9.78 Å². The highest BCUT2D eigenvalue weighted by Gasteiger charge is 2.31. The molecule has 0 radical (unpaired) electrons. The number of fused-ring (bicyclic) bond motifs is 1. The minimum Gasteiger partial charge on any atom is -0.344 e. The molecule has 3 N–H and O–H groups in total. The Kier molecular flexibility index (Phi) is 3.35. The van der Waals surface area contributed by atoms with Gasteiger partial charge in [0, 0.05) is 19.3 Å². The van der Waals surface area contributed by atoms with Crippen molar-refractivity contribution in [3.63, 3.8) is 0 Å². The summed E-state index contributed by atoms with van der Waals surface area (Å²) in [5, 5.41) is 2.99. The monoisotopic (exact) mass is 268 g/mol. The van der Waals surface area contributed by atoms with Gasteiger partial charge < -0.3 is 16.0 Å². The van der Waals surface area contributed by atoms with Gasteiger partial charge in [0.1, 0.15) is 6.17 Å². The van der Waals surface area contributed by atoms with Crippen molar-refractivity contribution in [2.75, 3.05) is 18.0 Å². The van der Waals surface area contributed by atoms with E-state index in [1.807, 2.05) is 42.5 Å². The molecule has 102 valence electrons. The normalized spacial score (nSPS) is 17.6. The first kappa shape index (κ1) is 12.6. The summed E-state index contributed by atoms with van der Waals surface area (Å²) in [5.41, 5.74) is 8.10. The third kappa shape index (κ3) is 2.12. The number of nitrogens with one attached hydrogen (secondary N) is 1. The summed E-state index contributed by atoms with van der Waals surface area (Å²) in [6, 6.07) is 13.2. The molecule has 1 aromatic carbocycles. The number of nitrogens with two attached hydrogens (primary N) is 1. The van der Waals surface area contributed by atoms with Crippen molar-refractivity contribution in [1.29, 1.82) is 0 Å². The number of nitrogens with zero attached hydrogens (tertiary/aromatic N) is 2. The van der Waals surface area contributed by atoms with E-state index in [-0.39, 0.29) is 12.1 Å². The second-order valence-corrected chi connectivity index (χ2v) is 4.63. The topological polar surface area (TPSA) is 71.2 Å². The van der Waals surface area contributed by atoms with E-state index in [0.29, 0.717) is 18.7 Å². The molecule has 0 saturated carbocycles. The molecule has 1 aromatic heterocycles. The van der Waals surface area contributed by atoms with E-state index in [9.17, 15) is 4.79 Å². The van der Waals surface area contributed by atoms with Gasteiger partial charge in [-0.05, 0) is 24.3 Å². The number of carbonyl (C=O) groups excluding carboxylic acids is 1. The second kappa shape index (κ2) is 5.30. The van der Waals surface area contributed by atoms with Crippen molar-refractivity contribution in [2.45, 2.75) is 6.17 Å². The van der Waals surface area contributed by atoms with Gasteiger partial charge in [-0.2, -0.15) is 0 Å². The molecule has 1 aliphatic rings. The van der Waals surface area contributed by atoms with Crippen LogP contribution in [0, 0.1) is 0 Å². The fourth-order valence-electron chi connectivity index (χ4n) is 2.49. The standard InChI is InChI=1S/C15H16N4O/c16-8-10-19-13-7-2-1-5-11(13)15(20)18-14(19)12-6-3-4-9-17-12/h1-7,9,14H,8,10,16H2,(H,18,20). The number of carbonyl (C=O) groups is 1. The molecule has 0 saturated heterocycles. The van der Waals surface area contributed by atoms with Crippen LogP contribution >= 0.6 is 0 Å². The number of benzene rings is 1. The molecular formula is C15H16N4O. The van der Waals surface area contributed by atoms with Crippen molar-refractivity contribution in [1.82, 2.24) is 10.3 Å². The van der Waals surface area contributed by atoms with Gasteiger partial charge in [-0.15, -0.1) is 0 Å². The number of pyridine rings is 1. The minimum absolute atomic E-state index is 0.0791. The number of hydrogen-bond acceptors (Lipinski definition) is 4. The Balaban J connectivity index is 2.06. The fourth-order valence-corrected chi connectivity index (χ4v) is 2.49. The molecule has 2 aromatic rings. The third-order valence-electron chi connectivity index (χ3n) is 3.38. The van der Waals surface area contributed by atoms with Gasteiger partial charge in [0.2, 0.25) is 0 Å². The van der Waals surface area contributed by atoms with E-state index in [1.54, 1.807) is 6.20 Å². The highest BCUT2D eigenvalue weighted by atomic mass is 16.2. The summed E-state index contributed by atoms with van der Waals surface area (Å²) >= 11 is 0. The maximum atomic E-state index is 12.2. The lowest BCUT2D eigenvalue weighted by atomic mass is 10.1. The Hall–Kier alpha value is -2.40. The van der Waals surface area contributed by atoms with E-state index in [1.165, 1.54) is 0 Å². The van der Waals surface area contributed by atoms with Crippen LogP contribution in [0.4, 0.5) is 5.69 Å². The average Bonchev–Trinajstić information content (AvgIpc) is 2.51. The van der Waals surface area contributed by atoms with Crippen molar-refractivity contribution in [3.8, 4) is 0 Å². The Morgan fingerprint density at radius 2 is 2.00 bits per heavy atom. The molecule has 5 nitrogen and oxygen atoms in total. The highest BCUT2D eigenvalue weighted by molar-refractivity contribution is 6.02. The van der Waals surface area contributed by atoms with Crippen LogP contribution in [-0.2, 0) is 0 Å². The molecule has 0 aliphatic carbocycles. The first-order valence-electron chi connectivity index (χ1n) is 6.59. The lowest BCUT2D eigenvalue weighted by Gasteiger charge is -2.38. The summed E-state index contributed by atoms with van der Waals surface area (Å²) < 4.78 is 0. The zero-order chi connectivity index (χ0) is 13.9. The van der Waals surface area contributed by atoms with Gasteiger partial charge in [0.05, 0.1) is 16.9 Å². The van der Waals surface area contributed by atoms with E-state index in [2.05, 4.69) is 15.2 Å². The Morgan fingerprint density at radius 3 is 2.75 bits per heavy atom. The molecule has 1 atom stereocenters. The fraction of sp³-hybridized carbons (Fsp3) is 0.200. The predicted octanol–water partition coefficient (Wildman–Crippen LogP) is 1.29. The van der Waals surface area contributed by atoms with Gasteiger partial charge >= 0.3 is 0 Å². The molecule has 0 bridgehead atoms. The molecule has 0 fully saturated rings. The van der Waals surface area contributed by atoms with E-state index < -0.39 is 0 Å². The number of anilines is 1. The molecule has 0 spiro atoms. The van der Waals surface area contributed by atoms with E-state index in [4.69, 9.17) is 5.73 Å². The smallest absolute Gasteiger partial charge is 0.255 e. The first-order valence-corrected chi connectivity index (χ1v) is 6.59. The molecule has 2 heterocycles. The lowest BCUT2D eigenvalue weighted by molar-refractivity contribution is 0.0925. The number of hydrogen-bond donors (Lipinski definition) is 2. The number of amides is 1. The van der Waals surface area contributed by atoms with Crippen LogP contribution in [0.15, 0.2) is 48.7 Å². The van der Waals surface area contributed by atoms with Crippen LogP contribution in [0.25, 0.3) is 0 Å². The summed E-state index contributed by atoms with van der Waals surface area (Å²) in [6.07, 6.45) is 1.45. The van der Waals surface area contributed by atoms with Gasteiger partial charge in [-0.25, -0.2) is 0 Å². The minimum atomic E-state index is -0.276. The maximum absolute atomic E-state index is 12.2. The van der Waals surface area contributed by atoms with Crippen molar-refractivity contribution < 1.29 is 4.79 Å². The Labute approximate surface area is 117 Å². The first-order chi connectivity index (χ1) is 9.81. The average molecular weight is 268 g/mol. The highest BCUT2D eigenvalue weighted by Crippen LogP contribution is 2.31. The van der Waals surface area contributed by atoms with Crippen molar-refractivity contribution in [3.05, 3.63) is 59.9 Å². The van der Waals surface area contributed by atoms with Crippen molar-refractivity contribution >= 4 is 11.6 Å². The Bertz CT molecular complexity index is 614. The second-order valence-electron chi connectivity index (χ2n) is 4.63. The van der Waals surface area contributed by atoms with Crippen LogP contribution in [0.3, 0.4) is 0 Å². The SMILES string of the molecule is NCCN1c2ccccc2C(=O)NC1c1ccccn1. The zero-order valence-corrected chi connectivity index (χ0v) is 11.0.